The molecule has 0 aliphatic heterocycles. The number of rotatable bonds is 3. The van der Waals surface area contributed by atoms with Gasteiger partial charge in [0.25, 0.3) is 0 Å². The van der Waals surface area contributed by atoms with Crippen LogP contribution in [-0.4, -0.2) is 9.97 Å². The molecule has 0 radical (unpaired) electrons. The molecule has 5 rings (SSSR count). The van der Waals surface area contributed by atoms with Crippen molar-refractivity contribution in [2.24, 2.45) is 0 Å². The highest BCUT2D eigenvalue weighted by molar-refractivity contribution is 5.86. The summed E-state index contributed by atoms with van der Waals surface area (Å²) in [5, 5.41) is 0. The molecule has 5 heteroatoms. The van der Waals surface area contributed by atoms with Crippen LogP contribution < -0.4 is 0 Å². The van der Waals surface area contributed by atoms with Crippen LogP contribution in [0.5, 0.6) is 0 Å². The Kier molecular flexibility index (Phi) is 4.87. The zero-order valence-electron chi connectivity index (χ0n) is 19.4. The standard InChI is InChI=1S/C29H23F2N3/c1-28(2,20-10-9-18(30)16-22(20)31)17-14-19-26(25(15-17)32-5)29(3,4)21-11-12-24(34-27(19)21)23-8-6-7-13-33-23/h6-16H,1-4H3. The van der Waals surface area contributed by atoms with E-state index in [1.54, 1.807) is 6.20 Å². The van der Waals surface area contributed by atoms with Crippen molar-refractivity contribution in [1.82, 2.24) is 9.97 Å². The fourth-order valence-electron chi connectivity index (χ4n) is 5.03. The maximum absolute atomic E-state index is 14.8. The second-order valence-corrected chi connectivity index (χ2v) is 9.71. The molecule has 1 aliphatic rings. The molecule has 2 aromatic carbocycles. The van der Waals surface area contributed by atoms with Gasteiger partial charge in [0.1, 0.15) is 11.6 Å². The van der Waals surface area contributed by atoms with E-state index in [2.05, 4.69) is 29.7 Å². The van der Waals surface area contributed by atoms with E-state index in [4.69, 9.17) is 11.6 Å². The smallest absolute Gasteiger partial charge is 0.192 e. The molecule has 168 valence electrons. The first-order valence-corrected chi connectivity index (χ1v) is 11.1. The molecule has 0 N–H and O–H groups in total. The predicted molar refractivity (Wildman–Crippen MR) is 130 cm³/mol. The average molecular weight is 452 g/mol. The second-order valence-electron chi connectivity index (χ2n) is 9.71. The number of fused-ring (bicyclic) bond motifs is 3. The topological polar surface area (TPSA) is 30.1 Å². The molecular weight excluding hydrogens is 428 g/mol. The van der Waals surface area contributed by atoms with Gasteiger partial charge in [0.2, 0.25) is 0 Å². The Balaban J connectivity index is 1.75. The molecular formula is C29H23F2N3. The van der Waals surface area contributed by atoms with Crippen molar-refractivity contribution >= 4 is 5.69 Å². The maximum atomic E-state index is 14.8. The number of benzene rings is 2. The molecule has 3 nitrogen and oxygen atoms in total. The predicted octanol–water partition coefficient (Wildman–Crippen LogP) is 7.60. The quantitative estimate of drug-likeness (QED) is 0.300. The third-order valence-electron chi connectivity index (χ3n) is 6.94. The van der Waals surface area contributed by atoms with Crippen LogP contribution in [0.1, 0.15) is 49.9 Å². The minimum Gasteiger partial charge on any atom is -0.255 e. The highest BCUT2D eigenvalue weighted by Gasteiger charge is 2.40. The minimum atomic E-state index is -0.794. The Bertz CT molecular complexity index is 1480. The van der Waals surface area contributed by atoms with E-state index >= 15 is 0 Å². The number of hydrogen-bond donors (Lipinski definition) is 0. The van der Waals surface area contributed by atoms with Crippen LogP contribution in [0.3, 0.4) is 0 Å². The summed E-state index contributed by atoms with van der Waals surface area (Å²) in [6.45, 7) is 15.9. The SMILES string of the molecule is [C-]#[N+]c1cc(C(C)(C)c2ccc(F)cc2F)cc2c1C(C)(C)c1ccc(-c3ccccn3)nc1-2. The van der Waals surface area contributed by atoms with Gasteiger partial charge in [0, 0.05) is 23.1 Å². The summed E-state index contributed by atoms with van der Waals surface area (Å²) in [6.07, 6.45) is 1.73. The van der Waals surface area contributed by atoms with Gasteiger partial charge in [-0.25, -0.2) is 18.6 Å². The van der Waals surface area contributed by atoms with Crippen molar-refractivity contribution in [3.63, 3.8) is 0 Å². The van der Waals surface area contributed by atoms with Gasteiger partial charge in [0.05, 0.1) is 23.7 Å². The Morgan fingerprint density at radius 2 is 1.74 bits per heavy atom. The molecule has 34 heavy (non-hydrogen) atoms. The van der Waals surface area contributed by atoms with Gasteiger partial charge in [-0.2, -0.15) is 0 Å². The number of pyridine rings is 2. The Morgan fingerprint density at radius 3 is 2.41 bits per heavy atom. The first-order chi connectivity index (χ1) is 16.1. The van der Waals surface area contributed by atoms with Gasteiger partial charge in [-0.15, -0.1) is 0 Å². The first kappa shape index (κ1) is 21.9. The minimum absolute atomic E-state index is 0.373. The lowest BCUT2D eigenvalue weighted by atomic mass is 9.75. The van der Waals surface area contributed by atoms with E-state index in [1.165, 1.54) is 12.1 Å². The number of hydrogen-bond acceptors (Lipinski definition) is 2. The molecule has 0 bridgehead atoms. The molecule has 0 saturated heterocycles. The monoisotopic (exact) mass is 451 g/mol. The molecule has 0 fully saturated rings. The van der Waals surface area contributed by atoms with Crippen LogP contribution in [0.15, 0.2) is 66.9 Å². The van der Waals surface area contributed by atoms with Crippen molar-refractivity contribution in [2.75, 3.05) is 0 Å². The third-order valence-corrected chi connectivity index (χ3v) is 6.94. The van der Waals surface area contributed by atoms with Gasteiger partial charge >= 0.3 is 0 Å². The van der Waals surface area contributed by atoms with Gasteiger partial charge in [-0.05, 0) is 52.1 Å². The van der Waals surface area contributed by atoms with Crippen molar-refractivity contribution in [1.29, 1.82) is 0 Å². The van der Waals surface area contributed by atoms with Crippen molar-refractivity contribution in [3.05, 3.63) is 112 Å². The molecule has 2 aromatic heterocycles. The van der Waals surface area contributed by atoms with Crippen LogP contribution in [0, 0.1) is 18.2 Å². The first-order valence-electron chi connectivity index (χ1n) is 11.1. The highest BCUT2D eigenvalue weighted by Crippen LogP contribution is 2.53. The summed E-state index contributed by atoms with van der Waals surface area (Å²) in [6, 6.07) is 17.2. The molecule has 0 saturated carbocycles. The van der Waals surface area contributed by atoms with Gasteiger partial charge in [-0.3, -0.25) is 4.98 Å². The number of halogens is 2. The van der Waals surface area contributed by atoms with Crippen molar-refractivity contribution < 1.29 is 8.78 Å². The lowest BCUT2D eigenvalue weighted by Crippen LogP contribution is -2.21. The summed E-state index contributed by atoms with van der Waals surface area (Å²) in [7, 11) is 0. The van der Waals surface area contributed by atoms with Crippen molar-refractivity contribution in [2.45, 2.75) is 38.5 Å². The lowest BCUT2D eigenvalue weighted by Gasteiger charge is -2.29. The number of nitrogens with zero attached hydrogens (tertiary/aromatic N) is 3. The van der Waals surface area contributed by atoms with Crippen LogP contribution in [0.4, 0.5) is 14.5 Å². The average Bonchev–Trinajstić information content (AvgIpc) is 3.05. The second kappa shape index (κ2) is 7.56. The van der Waals surface area contributed by atoms with E-state index < -0.39 is 22.5 Å². The van der Waals surface area contributed by atoms with E-state index in [0.717, 1.165) is 45.4 Å². The lowest BCUT2D eigenvalue weighted by molar-refractivity contribution is 0.531. The Hall–Kier alpha value is -3.91. The largest absolute Gasteiger partial charge is 0.255 e. The summed E-state index contributed by atoms with van der Waals surface area (Å²) in [5.41, 5.74) is 5.62. The van der Waals surface area contributed by atoms with Crippen LogP contribution >= 0.6 is 0 Å². The van der Waals surface area contributed by atoms with Gasteiger partial charge < -0.3 is 0 Å². The molecule has 0 atom stereocenters. The summed E-state index contributed by atoms with van der Waals surface area (Å²) in [5.74, 6) is -1.22. The van der Waals surface area contributed by atoms with Gasteiger partial charge in [-0.1, -0.05) is 58.0 Å². The molecule has 0 amide bonds. The Labute approximate surface area is 198 Å². The van der Waals surface area contributed by atoms with Crippen molar-refractivity contribution in [3.8, 4) is 22.6 Å². The number of aromatic nitrogens is 2. The van der Waals surface area contributed by atoms with Crippen LogP contribution in [0.2, 0.25) is 0 Å². The zero-order valence-corrected chi connectivity index (χ0v) is 19.4. The normalized spacial score (nSPS) is 13.8. The van der Waals surface area contributed by atoms with E-state index in [0.29, 0.717) is 11.3 Å². The summed E-state index contributed by atoms with van der Waals surface area (Å²) >= 11 is 0. The maximum Gasteiger partial charge on any atom is 0.192 e. The molecule has 1 aliphatic carbocycles. The van der Waals surface area contributed by atoms with E-state index in [1.807, 2.05) is 50.2 Å². The van der Waals surface area contributed by atoms with Crippen LogP contribution in [-0.2, 0) is 10.8 Å². The molecule has 2 heterocycles. The van der Waals surface area contributed by atoms with E-state index in [-0.39, 0.29) is 0 Å². The molecule has 0 spiro atoms. The zero-order chi connectivity index (χ0) is 24.3. The highest BCUT2D eigenvalue weighted by atomic mass is 19.1. The summed E-state index contributed by atoms with van der Waals surface area (Å²) in [4.78, 5) is 13.3. The van der Waals surface area contributed by atoms with Crippen LogP contribution in [0.25, 0.3) is 27.5 Å². The van der Waals surface area contributed by atoms with E-state index in [9.17, 15) is 8.78 Å². The molecule has 4 aromatic rings. The van der Waals surface area contributed by atoms with Gasteiger partial charge in [0.15, 0.2) is 5.69 Å². The third kappa shape index (κ3) is 3.21. The fraction of sp³-hybridized carbons (Fsp3) is 0.207. The Morgan fingerprint density at radius 1 is 0.941 bits per heavy atom. The molecule has 0 unspecified atom stereocenters. The summed E-state index contributed by atoms with van der Waals surface area (Å²) < 4.78 is 28.3. The fourth-order valence-corrected chi connectivity index (χ4v) is 5.03.